The number of Topliss-reactive ketones (excluding diaryl/α,β-unsaturated/α-hetero) is 1. The smallest absolute Gasteiger partial charge is 0.192 e. The van der Waals surface area contributed by atoms with E-state index in [9.17, 15) is 0 Å². The van der Waals surface area contributed by atoms with Crippen LogP contribution in [-0.2, 0) is 25.0 Å². The van der Waals surface area contributed by atoms with Crippen molar-refractivity contribution in [3.05, 3.63) is 41.5 Å². The highest BCUT2D eigenvalue weighted by Crippen LogP contribution is 2.76. The molecule has 7 atom stereocenters. The van der Waals surface area contributed by atoms with Crippen molar-refractivity contribution in [2.24, 2.45) is 34.5 Å². The lowest BCUT2D eigenvalue weighted by Crippen LogP contribution is -2.48. The summed E-state index contributed by atoms with van der Waals surface area (Å²) in [6.45, 7) is 31.7. The highest BCUT2D eigenvalue weighted by Gasteiger charge is 2.80. The topological polar surface area (TPSA) is 54.0 Å². The van der Waals surface area contributed by atoms with Gasteiger partial charge in [0.2, 0.25) is 0 Å². The van der Waals surface area contributed by atoms with E-state index < -0.39 is 22.0 Å². The van der Waals surface area contributed by atoms with Gasteiger partial charge >= 0.3 is 0 Å². The summed E-state index contributed by atoms with van der Waals surface area (Å²) in [5.41, 5.74) is 1.71. The third-order valence-electron chi connectivity index (χ3n) is 13.9. The third-order valence-corrected chi connectivity index (χ3v) is 22.9. The largest absolute Gasteiger partial charge is 0.497 e. The molecule has 0 unspecified atom stereocenters. The van der Waals surface area contributed by atoms with E-state index in [1.165, 1.54) is 5.57 Å². The molecule has 0 heterocycles. The minimum atomic E-state index is -2.11. The molecule has 0 saturated heterocycles. The number of ether oxygens (including phenoxy) is 2. The lowest BCUT2D eigenvalue weighted by molar-refractivity contribution is -0.138. The molecule has 1 aromatic carbocycles. The van der Waals surface area contributed by atoms with Crippen LogP contribution in [-0.4, -0.2) is 47.8 Å². The molecule has 258 valence electrons. The predicted molar refractivity (Wildman–Crippen MR) is 193 cm³/mol. The maximum absolute atomic E-state index is 15.3. The second kappa shape index (κ2) is 11.7. The zero-order chi connectivity index (χ0) is 34.3. The van der Waals surface area contributed by atoms with Crippen molar-refractivity contribution >= 4 is 22.4 Å². The van der Waals surface area contributed by atoms with Gasteiger partial charge in [-0.05, 0) is 102 Å². The Morgan fingerprint density at radius 2 is 1.50 bits per heavy atom. The van der Waals surface area contributed by atoms with Gasteiger partial charge in [-0.25, -0.2) is 0 Å². The van der Waals surface area contributed by atoms with Gasteiger partial charge in [-0.2, -0.15) is 0 Å². The van der Waals surface area contributed by atoms with E-state index in [4.69, 9.17) is 18.3 Å². The van der Waals surface area contributed by atoms with Crippen LogP contribution in [0.1, 0.15) is 93.6 Å². The molecule has 4 aliphatic carbocycles. The minimum absolute atomic E-state index is 0.0377. The molecular formula is C39H64O5Si2. The van der Waals surface area contributed by atoms with E-state index >= 15 is 4.79 Å². The number of carbonyl (C=O) groups is 1. The monoisotopic (exact) mass is 668 g/mol. The lowest BCUT2D eigenvalue weighted by atomic mass is 9.62. The number of ketones is 1. The first kappa shape index (κ1) is 36.0. The summed E-state index contributed by atoms with van der Waals surface area (Å²) in [5.74, 6) is 1.86. The molecule has 0 N–H and O–H groups in total. The summed E-state index contributed by atoms with van der Waals surface area (Å²) in [4.78, 5) is 15.3. The van der Waals surface area contributed by atoms with Crippen LogP contribution in [0.15, 0.2) is 35.9 Å². The maximum Gasteiger partial charge on any atom is 0.192 e. The van der Waals surface area contributed by atoms with Crippen LogP contribution in [0.3, 0.4) is 0 Å². The van der Waals surface area contributed by atoms with Crippen molar-refractivity contribution in [3.8, 4) is 5.75 Å². The van der Waals surface area contributed by atoms with Gasteiger partial charge in [-0.3, -0.25) is 4.79 Å². The second-order valence-corrected chi connectivity index (χ2v) is 28.5. The van der Waals surface area contributed by atoms with Crippen LogP contribution in [0, 0.1) is 34.5 Å². The molecule has 0 aromatic heterocycles. The first-order valence-electron chi connectivity index (χ1n) is 17.8. The summed E-state index contributed by atoms with van der Waals surface area (Å²) in [5, 5.41) is 0.239. The van der Waals surface area contributed by atoms with Crippen LogP contribution in [0.2, 0.25) is 36.3 Å². The Morgan fingerprint density at radius 3 is 2.07 bits per heavy atom. The minimum Gasteiger partial charge on any atom is -0.497 e. The van der Waals surface area contributed by atoms with E-state index in [0.717, 1.165) is 37.0 Å². The van der Waals surface area contributed by atoms with Gasteiger partial charge in [0.05, 0.1) is 32.0 Å². The third kappa shape index (κ3) is 5.86. The first-order valence-corrected chi connectivity index (χ1v) is 23.7. The molecule has 7 heteroatoms. The Balaban J connectivity index is 1.51. The Kier molecular flexibility index (Phi) is 9.14. The highest BCUT2D eigenvalue weighted by molar-refractivity contribution is 6.74. The average Bonchev–Trinajstić information content (AvgIpc) is 3.24. The van der Waals surface area contributed by atoms with Crippen LogP contribution in [0.25, 0.3) is 0 Å². The molecule has 3 saturated carbocycles. The zero-order valence-electron chi connectivity index (χ0n) is 31.6. The molecule has 3 fully saturated rings. The van der Waals surface area contributed by atoms with Gasteiger partial charge in [0.25, 0.3) is 0 Å². The molecule has 0 amide bonds. The van der Waals surface area contributed by atoms with E-state index in [-0.39, 0.29) is 50.9 Å². The Bertz CT molecular complexity index is 1330. The predicted octanol–water partition coefficient (Wildman–Crippen LogP) is 9.97. The highest BCUT2D eigenvalue weighted by atomic mass is 28.4. The molecule has 0 aliphatic heterocycles. The van der Waals surface area contributed by atoms with Crippen molar-refractivity contribution in [1.29, 1.82) is 0 Å². The molecule has 1 aromatic rings. The number of methoxy groups -OCH3 is 1. The molecule has 46 heavy (non-hydrogen) atoms. The van der Waals surface area contributed by atoms with Crippen molar-refractivity contribution < 1.29 is 23.1 Å². The van der Waals surface area contributed by atoms with Crippen LogP contribution in [0.4, 0.5) is 0 Å². The SMILES string of the molecule is COc1ccc(CO[C@@H]2C[C@H]3C=C(CO[Si](C)(C)C(C)(C)C)C[C@@H]4C(=O)[C@]3(C2)[C@H](C)C[C@]2(O[Si](C)(C)C(C)(C)C)[C@H]4C2(C)C)cc1. The fourth-order valence-electron chi connectivity index (χ4n) is 8.97. The zero-order valence-corrected chi connectivity index (χ0v) is 33.6. The number of hydrogen-bond donors (Lipinski definition) is 0. The fraction of sp³-hybridized carbons (Fsp3) is 0.769. The number of allylic oxidation sites excluding steroid dienone is 1. The van der Waals surface area contributed by atoms with Gasteiger partial charge in [0.15, 0.2) is 16.6 Å². The van der Waals surface area contributed by atoms with Crippen molar-refractivity contribution in [2.45, 2.75) is 143 Å². The Hall–Kier alpha value is -1.26. The van der Waals surface area contributed by atoms with E-state index in [1.807, 2.05) is 12.1 Å². The number of rotatable bonds is 9. The number of hydrogen-bond acceptors (Lipinski definition) is 5. The van der Waals surface area contributed by atoms with Gasteiger partial charge in [-0.1, -0.05) is 80.5 Å². The van der Waals surface area contributed by atoms with E-state index in [2.05, 4.69) is 107 Å². The second-order valence-electron chi connectivity index (χ2n) is 19.0. The molecule has 2 bridgehead atoms. The van der Waals surface area contributed by atoms with E-state index in [1.54, 1.807) is 7.11 Å². The number of carbonyl (C=O) groups excluding carboxylic acids is 1. The van der Waals surface area contributed by atoms with Crippen molar-refractivity contribution in [3.63, 3.8) is 0 Å². The number of fused-ring (bicyclic) bond motifs is 3. The Labute approximate surface area is 282 Å². The van der Waals surface area contributed by atoms with Crippen LogP contribution >= 0.6 is 0 Å². The molecule has 0 radical (unpaired) electrons. The van der Waals surface area contributed by atoms with Gasteiger partial charge < -0.3 is 18.3 Å². The average molecular weight is 669 g/mol. The standard InChI is InChI=1S/C39H64O5Si2/c1-26-22-39(44-46(13,14)36(5,6)7)33(37(39,8)9)32-20-28(25-43-45(11,12)35(2,3)4)19-29-21-31(23-38(26,29)34(32)40)42-24-27-15-17-30(41-10)18-16-27/h15-19,26,29,31-33H,20-25H2,1-14H3/t26-,29-,31-,32+,33-,38-,39+/m1/s1. The lowest BCUT2D eigenvalue weighted by Gasteiger charge is -2.44. The molecule has 1 spiro atoms. The molecule has 5 rings (SSSR count). The van der Waals surface area contributed by atoms with Crippen molar-refractivity contribution in [1.82, 2.24) is 0 Å². The summed E-state index contributed by atoms with van der Waals surface area (Å²) in [6, 6.07) is 8.14. The van der Waals surface area contributed by atoms with E-state index in [0.29, 0.717) is 19.0 Å². The summed E-state index contributed by atoms with van der Waals surface area (Å²) < 4.78 is 26.5. The normalized spacial score (nSPS) is 34.3. The van der Waals surface area contributed by atoms with Gasteiger partial charge in [0.1, 0.15) is 11.5 Å². The number of benzene rings is 1. The summed E-state index contributed by atoms with van der Waals surface area (Å²) in [6.07, 6.45) is 5.95. The van der Waals surface area contributed by atoms with Gasteiger partial charge in [-0.15, -0.1) is 0 Å². The first-order chi connectivity index (χ1) is 21.0. The van der Waals surface area contributed by atoms with Crippen LogP contribution < -0.4 is 4.74 Å². The molecular weight excluding hydrogens is 605 g/mol. The molecule has 5 nitrogen and oxygen atoms in total. The summed E-state index contributed by atoms with van der Waals surface area (Å²) >= 11 is 0. The maximum atomic E-state index is 15.3. The van der Waals surface area contributed by atoms with Crippen molar-refractivity contribution in [2.75, 3.05) is 13.7 Å². The van der Waals surface area contributed by atoms with Crippen LogP contribution in [0.5, 0.6) is 5.75 Å². The quantitative estimate of drug-likeness (QED) is 0.194. The van der Waals surface area contributed by atoms with Gasteiger partial charge in [0, 0.05) is 17.3 Å². The summed E-state index contributed by atoms with van der Waals surface area (Å²) in [7, 11) is -2.38. The molecule has 4 aliphatic rings. The fourth-order valence-corrected chi connectivity index (χ4v) is 11.6. The Morgan fingerprint density at radius 1 is 0.891 bits per heavy atom.